The number of likely N-dealkylation sites (tertiary alicyclic amines) is 1. The van der Waals surface area contributed by atoms with Crippen molar-refractivity contribution < 1.29 is 14.4 Å². The maximum absolute atomic E-state index is 12.1. The largest absolute Gasteiger partial charge is 0.355 e. The van der Waals surface area contributed by atoms with Gasteiger partial charge in [-0.15, -0.1) is 0 Å². The summed E-state index contributed by atoms with van der Waals surface area (Å²) in [6.07, 6.45) is 2.54. The number of piperidine rings is 1. The lowest BCUT2D eigenvalue weighted by molar-refractivity contribution is -0.123. The van der Waals surface area contributed by atoms with Crippen molar-refractivity contribution in [3.05, 3.63) is 33.4 Å². The highest BCUT2D eigenvalue weighted by atomic mass is 127. The van der Waals surface area contributed by atoms with Crippen molar-refractivity contribution in [1.82, 2.24) is 20.9 Å². The van der Waals surface area contributed by atoms with Crippen molar-refractivity contribution in [2.24, 2.45) is 0 Å². The summed E-state index contributed by atoms with van der Waals surface area (Å²) in [6, 6.07) is 7.34. The highest BCUT2D eigenvalue weighted by molar-refractivity contribution is 14.1. The van der Waals surface area contributed by atoms with Crippen LogP contribution >= 0.6 is 22.6 Å². The third-order valence-corrected chi connectivity index (χ3v) is 5.36. The minimum absolute atomic E-state index is 0.0382. The van der Waals surface area contributed by atoms with E-state index in [1.54, 1.807) is 12.1 Å². The Morgan fingerprint density at radius 2 is 1.81 bits per heavy atom. The van der Waals surface area contributed by atoms with Crippen LogP contribution in [-0.4, -0.2) is 61.4 Å². The molecule has 1 aliphatic rings. The fourth-order valence-corrected chi connectivity index (χ4v) is 3.57. The molecule has 0 bridgehead atoms. The van der Waals surface area contributed by atoms with E-state index in [1.807, 2.05) is 19.1 Å². The van der Waals surface area contributed by atoms with Gasteiger partial charge in [-0.3, -0.25) is 19.3 Å². The predicted octanol–water partition coefficient (Wildman–Crippen LogP) is 1.13. The van der Waals surface area contributed by atoms with Crippen LogP contribution in [0.25, 0.3) is 0 Å². The quantitative estimate of drug-likeness (QED) is 0.481. The fraction of sp³-hybridized carbons (Fsp3) is 0.526. The van der Waals surface area contributed by atoms with Crippen molar-refractivity contribution >= 4 is 40.3 Å². The van der Waals surface area contributed by atoms with Gasteiger partial charge in [-0.25, -0.2) is 0 Å². The molecule has 0 radical (unpaired) electrons. The first-order valence-corrected chi connectivity index (χ1v) is 10.4. The first-order chi connectivity index (χ1) is 13.0. The lowest BCUT2D eigenvalue weighted by atomic mass is 10.0. The standard InChI is InChI=1S/C19H27IN4O3/c1-2-9-21-18(26)13-24-10-7-14(8-11-24)23-17(25)12-22-19(27)15-5-3-4-6-16(15)20/h3-6,14H,2,7-13H2,1H3,(H,21,26)(H,22,27)(H,23,25). The van der Waals surface area contributed by atoms with E-state index in [2.05, 4.69) is 43.4 Å². The molecule has 3 amide bonds. The molecule has 3 N–H and O–H groups in total. The molecule has 2 rings (SSSR count). The van der Waals surface area contributed by atoms with Crippen LogP contribution in [0.5, 0.6) is 0 Å². The number of hydrogen-bond donors (Lipinski definition) is 3. The SMILES string of the molecule is CCCNC(=O)CN1CCC(NC(=O)CNC(=O)c2ccccc2I)CC1. The zero-order valence-corrected chi connectivity index (χ0v) is 17.8. The van der Waals surface area contributed by atoms with Gasteiger partial charge in [-0.2, -0.15) is 0 Å². The Bertz CT molecular complexity index is 660. The number of benzene rings is 1. The maximum atomic E-state index is 12.1. The molecular weight excluding hydrogens is 459 g/mol. The van der Waals surface area contributed by atoms with Crippen LogP contribution in [0, 0.1) is 3.57 Å². The van der Waals surface area contributed by atoms with Gasteiger partial charge in [0.1, 0.15) is 0 Å². The molecular formula is C19H27IN4O3. The van der Waals surface area contributed by atoms with Crippen molar-refractivity contribution in [2.75, 3.05) is 32.7 Å². The molecule has 1 aromatic rings. The minimum Gasteiger partial charge on any atom is -0.355 e. The van der Waals surface area contributed by atoms with Gasteiger partial charge in [0.2, 0.25) is 11.8 Å². The first kappa shape index (κ1) is 21.6. The van der Waals surface area contributed by atoms with Crippen molar-refractivity contribution in [2.45, 2.75) is 32.2 Å². The smallest absolute Gasteiger partial charge is 0.252 e. The second kappa shape index (κ2) is 11.2. The number of carbonyl (C=O) groups excluding carboxylic acids is 3. The van der Waals surface area contributed by atoms with E-state index in [4.69, 9.17) is 0 Å². The van der Waals surface area contributed by atoms with Crippen LogP contribution in [0.1, 0.15) is 36.5 Å². The highest BCUT2D eigenvalue weighted by Crippen LogP contribution is 2.11. The van der Waals surface area contributed by atoms with Crippen LogP contribution in [0.2, 0.25) is 0 Å². The number of nitrogens with zero attached hydrogens (tertiary/aromatic N) is 1. The highest BCUT2D eigenvalue weighted by Gasteiger charge is 2.22. The zero-order valence-electron chi connectivity index (χ0n) is 15.6. The first-order valence-electron chi connectivity index (χ1n) is 9.30. The lowest BCUT2D eigenvalue weighted by Gasteiger charge is -2.31. The van der Waals surface area contributed by atoms with Crippen molar-refractivity contribution in [1.29, 1.82) is 0 Å². The Morgan fingerprint density at radius 3 is 2.48 bits per heavy atom. The van der Waals surface area contributed by atoms with Gasteiger partial charge in [0.05, 0.1) is 18.7 Å². The molecule has 7 nitrogen and oxygen atoms in total. The summed E-state index contributed by atoms with van der Waals surface area (Å²) < 4.78 is 0.850. The molecule has 1 heterocycles. The number of nitrogens with one attached hydrogen (secondary N) is 3. The van der Waals surface area contributed by atoms with E-state index in [1.165, 1.54) is 0 Å². The van der Waals surface area contributed by atoms with Crippen LogP contribution in [-0.2, 0) is 9.59 Å². The molecule has 27 heavy (non-hydrogen) atoms. The van der Waals surface area contributed by atoms with E-state index in [0.29, 0.717) is 18.7 Å². The summed E-state index contributed by atoms with van der Waals surface area (Å²) in [5, 5.41) is 8.51. The third-order valence-electron chi connectivity index (χ3n) is 4.42. The summed E-state index contributed by atoms with van der Waals surface area (Å²) in [6.45, 7) is 4.66. The van der Waals surface area contributed by atoms with Crippen LogP contribution in [0.4, 0.5) is 0 Å². The summed E-state index contributed by atoms with van der Waals surface area (Å²) in [5.74, 6) is -0.380. The molecule has 1 fully saturated rings. The summed E-state index contributed by atoms with van der Waals surface area (Å²) in [4.78, 5) is 38.1. The minimum atomic E-state index is -0.247. The Morgan fingerprint density at radius 1 is 1.11 bits per heavy atom. The summed E-state index contributed by atoms with van der Waals surface area (Å²) in [7, 11) is 0. The van der Waals surface area contributed by atoms with Crippen LogP contribution in [0.3, 0.4) is 0 Å². The second-order valence-electron chi connectivity index (χ2n) is 6.63. The van der Waals surface area contributed by atoms with E-state index >= 15 is 0 Å². The Hall–Kier alpha value is -1.68. The topological polar surface area (TPSA) is 90.5 Å². The number of amides is 3. The van der Waals surface area contributed by atoms with Crippen LogP contribution < -0.4 is 16.0 Å². The zero-order chi connectivity index (χ0) is 19.6. The molecule has 1 aromatic carbocycles. The van der Waals surface area contributed by atoms with E-state index in [-0.39, 0.29) is 30.3 Å². The van der Waals surface area contributed by atoms with Crippen molar-refractivity contribution in [3.8, 4) is 0 Å². The Labute approximate surface area is 173 Å². The molecule has 0 atom stereocenters. The fourth-order valence-electron chi connectivity index (χ4n) is 2.94. The van der Waals surface area contributed by atoms with Gasteiger partial charge >= 0.3 is 0 Å². The molecule has 8 heteroatoms. The molecule has 0 aromatic heterocycles. The van der Waals surface area contributed by atoms with Gasteiger partial charge in [0, 0.05) is 29.2 Å². The monoisotopic (exact) mass is 486 g/mol. The number of carbonyl (C=O) groups is 3. The second-order valence-corrected chi connectivity index (χ2v) is 7.79. The lowest BCUT2D eigenvalue weighted by Crippen LogP contribution is -2.49. The Balaban J connectivity index is 1.66. The Kier molecular flexibility index (Phi) is 8.99. The average molecular weight is 486 g/mol. The molecule has 0 spiro atoms. The number of rotatable bonds is 8. The van der Waals surface area contributed by atoms with Crippen molar-refractivity contribution in [3.63, 3.8) is 0 Å². The van der Waals surface area contributed by atoms with Gasteiger partial charge in [0.25, 0.3) is 5.91 Å². The average Bonchev–Trinajstić information content (AvgIpc) is 2.66. The third kappa shape index (κ3) is 7.45. The number of halogens is 1. The van der Waals surface area contributed by atoms with Gasteiger partial charge in [-0.05, 0) is 54.0 Å². The summed E-state index contributed by atoms with van der Waals surface area (Å²) >= 11 is 2.10. The number of hydrogen-bond acceptors (Lipinski definition) is 4. The maximum Gasteiger partial charge on any atom is 0.252 e. The van der Waals surface area contributed by atoms with E-state index in [0.717, 1.165) is 35.9 Å². The molecule has 1 aliphatic heterocycles. The van der Waals surface area contributed by atoms with Crippen LogP contribution in [0.15, 0.2) is 24.3 Å². The molecule has 1 saturated heterocycles. The van der Waals surface area contributed by atoms with Gasteiger partial charge < -0.3 is 16.0 Å². The molecule has 0 aliphatic carbocycles. The van der Waals surface area contributed by atoms with E-state index in [9.17, 15) is 14.4 Å². The van der Waals surface area contributed by atoms with E-state index < -0.39 is 0 Å². The molecule has 0 saturated carbocycles. The normalized spacial score (nSPS) is 15.2. The summed E-state index contributed by atoms with van der Waals surface area (Å²) in [5.41, 5.74) is 0.570. The predicted molar refractivity (Wildman–Crippen MR) is 112 cm³/mol. The molecule has 0 unspecified atom stereocenters. The van der Waals surface area contributed by atoms with Gasteiger partial charge in [0.15, 0.2) is 0 Å². The van der Waals surface area contributed by atoms with Gasteiger partial charge in [-0.1, -0.05) is 19.1 Å². The molecule has 148 valence electrons.